The van der Waals surface area contributed by atoms with Gasteiger partial charge in [0.2, 0.25) is 0 Å². The van der Waals surface area contributed by atoms with Gasteiger partial charge in [0.25, 0.3) is 5.91 Å². The van der Waals surface area contributed by atoms with Gasteiger partial charge < -0.3 is 10.1 Å². The van der Waals surface area contributed by atoms with Crippen LogP contribution in [-0.4, -0.2) is 24.3 Å². The molecule has 2 aromatic rings. The molecule has 1 N–H and O–H groups in total. The van der Waals surface area contributed by atoms with Crippen molar-refractivity contribution in [3.63, 3.8) is 0 Å². The van der Waals surface area contributed by atoms with Crippen molar-refractivity contribution in [1.82, 2.24) is 0 Å². The molecule has 0 aromatic heterocycles. The number of nitrogens with one attached hydrogen (secondary N) is 1. The monoisotopic (exact) mass is 377 g/mol. The van der Waals surface area contributed by atoms with E-state index >= 15 is 0 Å². The van der Waals surface area contributed by atoms with Gasteiger partial charge >= 0.3 is 5.97 Å². The van der Waals surface area contributed by atoms with E-state index in [-0.39, 0.29) is 36.1 Å². The van der Waals surface area contributed by atoms with Gasteiger partial charge in [-0.3, -0.25) is 14.4 Å². The Morgan fingerprint density at radius 2 is 1.46 bits per heavy atom. The van der Waals surface area contributed by atoms with E-state index in [1.54, 1.807) is 24.3 Å². The summed E-state index contributed by atoms with van der Waals surface area (Å²) < 4.78 is 5.33. The minimum Gasteiger partial charge on any atom is -0.455 e. The van der Waals surface area contributed by atoms with Crippen LogP contribution in [0.25, 0.3) is 0 Å². The highest BCUT2D eigenvalue weighted by molar-refractivity contribution is 6.01. The second kappa shape index (κ2) is 7.97. The van der Waals surface area contributed by atoms with Crippen LogP contribution in [0, 0.1) is 23.7 Å². The van der Waals surface area contributed by atoms with Crippen molar-refractivity contribution >= 4 is 23.3 Å². The van der Waals surface area contributed by atoms with Crippen LogP contribution in [0.3, 0.4) is 0 Å². The Morgan fingerprint density at radius 1 is 0.857 bits per heavy atom. The Hall–Kier alpha value is -2.95. The summed E-state index contributed by atoms with van der Waals surface area (Å²) >= 11 is 0. The summed E-state index contributed by atoms with van der Waals surface area (Å²) in [5.74, 6) is -1.18. The van der Waals surface area contributed by atoms with Crippen LogP contribution in [-0.2, 0) is 14.3 Å². The summed E-state index contributed by atoms with van der Waals surface area (Å²) in [6.07, 6.45) is 2.81. The predicted octanol–water partition coefficient (Wildman–Crippen LogP) is 3.71. The molecule has 0 saturated heterocycles. The molecule has 0 aliphatic heterocycles. The maximum Gasteiger partial charge on any atom is 0.310 e. The number of Topliss-reactive ketones (excluding diaryl/α,β-unsaturated/α-hetero) is 1. The van der Waals surface area contributed by atoms with Crippen LogP contribution in [0.1, 0.15) is 29.6 Å². The lowest BCUT2D eigenvalue weighted by molar-refractivity contribution is -0.154. The Kier molecular flexibility index (Phi) is 5.24. The lowest BCUT2D eigenvalue weighted by Gasteiger charge is -2.28. The van der Waals surface area contributed by atoms with Crippen LogP contribution >= 0.6 is 0 Å². The molecule has 4 rings (SSSR count). The molecule has 0 unspecified atom stereocenters. The third-order valence-electron chi connectivity index (χ3n) is 5.95. The van der Waals surface area contributed by atoms with E-state index in [4.69, 9.17) is 4.74 Å². The van der Waals surface area contributed by atoms with Gasteiger partial charge in [-0.05, 0) is 43.2 Å². The molecule has 4 atom stereocenters. The summed E-state index contributed by atoms with van der Waals surface area (Å²) in [6, 6.07) is 18.2. The zero-order valence-electron chi connectivity index (χ0n) is 15.5. The molecule has 2 aromatic carbocycles. The van der Waals surface area contributed by atoms with Gasteiger partial charge in [0.1, 0.15) is 0 Å². The molecular weight excluding hydrogens is 354 g/mol. The minimum absolute atomic E-state index is 0.0171. The largest absolute Gasteiger partial charge is 0.455 e. The van der Waals surface area contributed by atoms with Crippen molar-refractivity contribution in [1.29, 1.82) is 0 Å². The maximum absolute atomic E-state index is 13.0. The van der Waals surface area contributed by atoms with Gasteiger partial charge in [0.05, 0.1) is 5.92 Å². The average molecular weight is 377 g/mol. The predicted molar refractivity (Wildman–Crippen MR) is 105 cm³/mol. The zero-order valence-corrected chi connectivity index (χ0v) is 15.5. The maximum atomic E-state index is 13.0. The van der Waals surface area contributed by atoms with Crippen molar-refractivity contribution < 1.29 is 19.1 Å². The van der Waals surface area contributed by atoms with E-state index in [9.17, 15) is 14.4 Å². The van der Waals surface area contributed by atoms with Gasteiger partial charge in [-0.25, -0.2) is 0 Å². The molecule has 5 heteroatoms. The Labute approximate surface area is 164 Å². The smallest absolute Gasteiger partial charge is 0.310 e. The number of fused-ring (bicyclic) bond motifs is 2. The number of ketones is 1. The number of hydrogen-bond acceptors (Lipinski definition) is 4. The van der Waals surface area contributed by atoms with Gasteiger partial charge in [-0.1, -0.05) is 48.5 Å². The molecule has 28 heavy (non-hydrogen) atoms. The molecule has 2 aliphatic carbocycles. The molecule has 2 aliphatic rings. The fourth-order valence-corrected chi connectivity index (χ4v) is 4.75. The second-order valence-corrected chi connectivity index (χ2v) is 7.64. The Bertz CT molecular complexity index is 865. The first-order valence-electron chi connectivity index (χ1n) is 9.74. The fraction of sp³-hybridized carbons (Fsp3) is 0.348. The molecule has 0 radical (unpaired) electrons. The van der Waals surface area contributed by atoms with Gasteiger partial charge in [-0.15, -0.1) is 0 Å². The number of ether oxygens (including phenoxy) is 1. The van der Waals surface area contributed by atoms with E-state index in [0.29, 0.717) is 11.3 Å². The van der Waals surface area contributed by atoms with Crippen molar-refractivity contribution in [3.8, 4) is 0 Å². The number of rotatable bonds is 6. The molecule has 1 amide bonds. The van der Waals surface area contributed by atoms with Crippen molar-refractivity contribution in [2.75, 3.05) is 11.9 Å². The number of esters is 1. The summed E-state index contributed by atoms with van der Waals surface area (Å²) in [5, 5.41) is 2.70. The Balaban J connectivity index is 1.41. The number of para-hydroxylation sites is 1. The summed E-state index contributed by atoms with van der Waals surface area (Å²) in [4.78, 5) is 37.9. The van der Waals surface area contributed by atoms with Gasteiger partial charge in [0, 0.05) is 17.2 Å². The fourth-order valence-electron chi connectivity index (χ4n) is 4.75. The lowest BCUT2D eigenvalue weighted by Crippen LogP contribution is -2.37. The van der Waals surface area contributed by atoms with Crippen LogP contribution < -0.4 is 5.32 Å². The second-order valence-electron chi connectivity index (χ2n) is 7.64. The molecule has 144 valence electrons. The molecule has 0 heterocycles. The Morgan fingerprint density at radius 3 is 2.14 bits per heavy atom. The highest BCUT2D eigenvalue weighted by Crippen LogP contribution is 2.53. The molecular formula is C23H23NO4. The summed E-state index contributed by atoms with van der Waals surface area (Å²) in [6.45, 7) is -0.339. The van der Waals surface area contributed by atoms with E-state index in [2.05, 4.69) is 5.32 Å². The number of hydrogen-bond donors (Lipinski definition) is 1. The molecule has 5 nitrogen and oxygen atoms in total. The van der Waals surface area contributed by atoms with E-state index < -0.39 is 11.9 Å². The summed E-state index contributed by atoms with van der Waals surface area (Å²) in [7, 11) is 0. The highest BCUT2D eigenvalue weighted by atomic mass is 16.5. The quantitative estimate of drug-likeness (QED) is 0.615. The van der Waals surface area contributed by atoms with Crippen LogP contribution in [0.15, 0.2) is 60.7 Å². The lowest BCUT2D eigenvalue weighted by atomic mass is 9.75. The third-order valence-corrected chi connectivity index (χ3v) is 5.95. The van der Waals surface area contributed by atoms with E-state index in [0.717, 1.165) is 19.3 Å². The number of carbonyl (C=O) groups is 3. The van der Waals surface area contributed by atoms with Crippen LogP contribution in [0.5, 0.6) is 0 Å². The number of benzene rings is 2. The van der Waals surface area contributed by atoms with Crippen molar-refractivity contribution in [3.05, 3.63) is 66.2 Å². The van der Waals surface area contributed by atoms with Crippen LogP contribution in [0.2, 0.25) is 0 Å². The molecule has 2 saturated carbocycles. The molecule has 0 spiro atoms. The minimum atomic E-state index is -0.448. The normalized spacial score (nSPS) is 25.3. The third kappa shape index (κ3) is 3.70. The standard InChI is InChI=1S/C23H23NO4/c25-19(24-18-9-5-2-6-10-18)14-28-23(27)21-17-12-11-16(13-17)20(21)22(26)15-7-3-1-4-8-15/h1-10,16-17,20-21H,11-14H2,(H,24,25)/t16-,17-,20-,21+/m0/s1. The molecule has 2 bridgehead atoms. The first kappa shape index (κ1) is 18.4. The number of anilines is 1. The average Bonchev–Trinajstić information content (AvgIpc) is 3.34. The van der Waals surface area contributed by atoms with Crippen molar-refractivity contribution in [2.24, 2.45) is 23.7 Å². The highest BCUT2D eigenvalue weighted by Gasteiger charge is 2.54. The van der Waals surface area contributed by atoms with Gasteiger partial charge in [0.15, 0.2) is 12.4 Å². The van der Waals surface area contributed by atoms with E-state index in [1.165, 1.54) is 0 Å². The SMILES string of the molecule is O=C(COC(=O)[C@@H]1[C@H]2CC[C@@H](C2)[C@@H]1C(=O)c1ccccc1)Nc1ccccc1. The van der Waals surface area contributed by atoms with Gasteiger partial charge in [-0.2, -0.15) is 0 Å². The molecule has 2 fully saturated rings. The number of amides is 1. The first-order chi connectivity index (χ1) is 13.6. The first-order valence-corrected chi connectivity index (χ1v) is 9.74. The zero-order chi connectivity index (χ0) is 19.5. The topological polar surface area (TPSA) is 72.5 Å². The number of carbonyl (C=O) groups excluding carboxylic acids is 3. The van der Waals surface area contributed by atoms with Crippen LogP contribution in [0.4, 0.5) is 5.69 Å². The summed E-state index contributed by atoms with van der Waals surface area (Å²) in [5.41, 5.74) is 1.29. The van der Waals surface area contributed by atoms with E-state index in [1.807, 2.05) is 36.4 Å². The van der Waals surface area contributed by atoms with Crippen molar-refractivity contribution in [2.45, 2.75) is 19.3 Å².